The molecule has 0 aliphatic rings. The number of rotatable bonds is 8. The summed E-state index contributed by atoms with van der Waals surface area (Å²) >= 11 is 0. The molecule has 3 rings (SSSR count). The summed E-state index contributed by atoms with van der Waals surface area (Å²) in [6.45, 7) is 6.64. The van der Waals surface area contributed by atoms with E-state index in [2.05, 4.69) is 29.0 Å². The van der Waals surface area contributed by atoms with Gasteiger partial charge in [-0.05, 0) is 43.4 Å². The van der Waals surface area contributed by atoms with Crippen LogP contribution in [0, 0.1) is 10.1 Å². The van der Waals surface area contributed by atoms with Crippen molar-refractivity contribution in [2.45, 2.75) is 20.3 Å². The largest absolute Gasteiger partial charge is 0.426 e. The molecular formula is C20H23N5O4. The number of hydrogen-bond acceptors (Lipinski definition) is 6. The Balaban J connectivity index is 1.74. The van der Waals surface area contributed by atoms with E-state index in [1.807, 2.05) is 0 Å². The van der Waals surface area contributed by atoms with E-state index < -0.39 is 4.92 Å². The van der Waals surface area contributed by atoms with Crippen molar-refractivity contribution in [3.8, 4) is 11.4 Å². The first-order valence-corrected chi connectivity index (χ1v) is 9.41. The normalized spacial score (nSPS) is 11.1. The van der Waals surface area contributed by atoms with Gasteiger partial charge < -0.3 is 15.4 Å². The molecule has 152 valence electrons. The fourth-order valence-electron chi connectivity index (χ4n) is 3.08. The summed E-state index contributed by atoms with van der Waals surface area (Å²) in [5.41, 5.74) is 1.84. The van der Waals surface area contributed by atoms with Gasteiger partial charge in [-0.3, -0.25) is 14.9 Å². The zero-order valence-corrected chi connectivity index (χ0v) is 16.3. The number of nitrogens with zero attached hydrogens (tertiary/aromatic N) is 4. The zero-order valence-electron chi connectivity index (χ0n) is 16.3. The number of aromatic nitrogens is 2. The SMILES string of the molecule is CCN(CC)CCC(=O)Nc1ccc(-c2nc3ccc([N+](=O)[O-])cc3n2O)cc1. The van der Waals surface area contributed by atoms with Crippen molar-refractivity contribution in [1.82, 2.24) is 14.6 Å². The summed E-state index contributed by atoms with van der Waals surface area (Å²) in [5, 5.41) is 24.2. The number of non-ortho nitro benzene ring substituents is 1. The van der Waals surface area contributed by atoms with Crippen LogP contribution in [-0.2, 0) is 4.79 Å². The maximum Gasteiger partial charge on any atom is 0.271 e. The molecule has 2 aromatic carbocycles. The number of fused-ring (bicyclic) bond motifs is 1. The minimum absolute atomic E-state index is 0.0636. The fraction of sp³-hybridized carbons (Fsp3) is 0.300. The Morgan fingerprint density at radius 2 is 1.90 bits per heavy atom. The molecule has 9 heteroatoms. The lowest BCUT2D eigenvalue weighted by Gasteiger charge is -2.17. The van der Waals surface area contributed by atoms with Crippen LogP contribution >= 0.6 is 0 Å². The quantitative estimate of drug-likeness (QED) is 0.342. The highest BCUT2D eigenvalue weighted by molar-refractivity contribution is 5.91. The third-order valence-electron chi connectivity index (χ3n) is 4.80. The third-order valence-corrected chi connectivity index (χ3v) is 4.80. The second-order valence-electron chi connectivity index (χ2n) is 6.58. The Morgan fingerprint density at radius 3 is 2.52 bits per heavy atom. The summed E-state index contributed by atoms with van der Waals surface area (Å²) in [7, 11) is 0. The van der Waals surface area contributed by atoms with Crippen LogP contribution in [0.25, 0.3) is 22.4 Å². The average Bonchev–Trinajstić information content (AvgIpc) is 3.05. The first kappa shape index (κ1) is 20.3. The number of carbonyl (C=O) groups is 1. The molecule has 0 aliphatic heterocycles. The molecule has 9 nitrogen and oxygen atoms in total. The van der Waals surface area contributed by atoms with Crippen molar-refractivity contribution < 1.29 is 14.9 Å². The van der Waals surface area contributed by atoms with Gasteiger partial charge in [-0.1, -0.05) is 13.8 Å². The lowest BCUT2D eigenvalue weighted by Crippen LogP contribution is -2.27. The molecule has 1 amide bonds. The molecule has 0 spiro atoms. The van der Waals surface area contributed by atoms with Gasteiger partial charge in [0, 0.05) is 36.3 Å². The van der Waals surface area contributed by atoms with E-state index in [-0.39, 0.29) is 22.9 Å². The van der Waals surface area contributed by atoms with E-state index in [4.69, 9.17) is 0 Å². The number of hydrogen-bond donors (Lipinski definition) is 2. The van der Waals surface area contributed by atoms with Crippen LogP contribution in [0.1, 0.15) is 20.3 Å². The third kappa shape index (κ3) is 4.52. The Labute approximate surface area is 167 Å². The summed E-state index contributed by atoms with van der Waals surface area (Å²) in [6, 6.07) is 11.0. The molecule has 0 unspecified atom stereocenters. The van der Waals surface area contributed by atoms with Gasteiger partial charge >= 0.3 is 0 Å². The number of nitrogens with one attached hydrogen (secondary N) is 1. The Bertz CT molecular complexity index is 1030. The monoisotopic (exact) mass is 397 g/mol. The Kier molecular flexibility index (Phi) is 6.08. The van der Waals surface area contributed by atoms with E-state index in [0.717, 1.165) is 17.8 Å². The molecule has 1 aromatic heterocycles. The highest BCUT2D eigenvalue weighted by Crippen LogP contribution is 2.27. The summed E-state index contributed by atoms with van der Waals surface area (Å²) in [4.78, 5) is 29.0. The van der Waals surface area contributed by atoms with E-state index in [1.165, 1.54) is 18.2 Å². The first-order valence-electron chi connectivity index (χ1n) is 9.41. The van der Waals surface area contributed by atoms with Crippen molar-refractivity contribution in [2.24, 2.45) is 0 Å². The molecule has 2 N–H and O–H groups in total. The first-order chi connectivity index (χ1) is 13.9. The minimum Gasteiger partial charge on any atom is -0.426 e. The minimum atomic E-state index is -0.524. The van der Waals surface area contributed by atoms with Crippen molar-refractivity contribution in [2.75, 3.05) is 25.0 Å². The van der Waals surface area contributed by atoms with E-state index in [9.17, 15) is 20.1 Å². The van der Waals surface area contributed by atoms with Gasteiger partial charge in [0.1, 0.15) is 5.52 Å². The molecule has 1 heterocycles. The molecule has 0 fully saturated rings. The van der Waals surface area contributed by atoms with Crippen LogP contribution in [0.15, 0.2) is 42.5 Å². The van der Waals surface area contributed by atoms with Gasteiger partial charge in [-0.2, -0.15) is 4.73 Å². The second kappa shape index (κ2) is 8.70. The molecule has 0 saturated carbocycles. The number of imidazole rings is 1. The zero-order chi connectivity index (χ0) is 21.0. The van der Waals surface area contributed by atoms with Gasteiger partial charge in [0.05, 0.1) is 10.4 Å². The summed E-state index contributed by atoms with van der Waals surface area (Å²) in [6.07, 6.45) is 0.411. The number of benzene rings is 2. The number of nitro benzene ring substituents is 1. The Morgan fingerprint density at radius 1 is 1.21 bits per heavy atom. The smallest absolute Gasteiger partial charge is 0.271 e. The highest BCUT2D eigenvalue weighted by Gasteiger charge is 2.16. The van der Waals surface area contributed by atoms with Gasteiger partial charge in [0.15, 0.2) is 5.82 Å². The maximum atomic E-state index is 12.1. The molecule has 29 heavy (non-hydrogen) atoms. The predicted molar refractivity (Wildman–Crippen MR) is 110 cm³/mol. The average molecular weight is 397 g/mol. The number of amides is 1. The lowest BCUT2D eigenvalue weighted by molar-refractivity contribution is -0.384. The molecule has 0 bridgehead atoms. The summed E-state index contributed by atoms with van der Waals surface area (Å²) in [5.74, 6) is 0.200. The summed E-state index contributed by atoms with van der Waals surface area (Å²) < 4.78 is 0.833. The van der Waals surface area contributed by atoms with Crippen LogP contribution in [0.4, 0.5) is 11.4 Å². The Hall–Kier alpha value is -3.46. The van der Waals surface area contributed by atoms with E-state index in [0.29, 0.717) is 29.7 Å². The van der Waals surface area contributed by atoms with Crippen molar-refractivity contribution in [3.63, 3.8) is 0 Å². The van der Waals surface area contributed by atoms with Crippen LogP contribution in [-0.4, -0.2) is 50.3 Å². The molecule has 0 atom stereocenters. The van der Waals surface area contributed by atoms with Gasteiger partial charge in [0.25, 0.3) is 5.69 Å². The number of carbonyl (C=O) groups excluding carboxylic acids is 1. The highest BCUT2D eigenvalue weighted by atomic mass is 16.6. The fourth-order valence-corrected chi connectivity index (χ4v) is 3.08. The molecular weight excluding hydrogens is 374 g/mol. The maximum absolute atomic E-state index is 12.1. The lowest BCUT2D eigenvalue weighted by atomic mass is 10.2. The molecule has 0 saturated heterocycles. The van der Waals surface area contributed by atoms with Gasteiger partial charge in [-0.25, -0.2) is 4.98 Å². The van der Waals surface area contributed by atoms with Crippen LogP contribution in [0.3, 0.4) is 0 Å². The number of nitro groups is 1. The van der Waals surface area contributed by atoms with Gasteiger partial charge in [-0.15, -0.1) is 0 Å². The molecule has 3 aromatic rings. The van der Waals surface area contributed by atoms with E-state index >= 15 is 0 Å². The van der Waals surface area contributed by atoms with Crippen molar-refractivity contribution in [1.29, 1.82) is 0 Å². The standard InChI is InChI=1S/C20H23N5O4/c1-3-23(4-2)12-11-19(26)21-15-7-5-14(6-8-15)20-22-17-10-9-16(25(28)29)13-18(17)24(20)27/h5-10,13,27H,3-4,11-12H2,1-2H3,(H,21,26). The van der Waals surface area contributed by atoms with Crippen molar-refractivity contribution >= 4 is 28.3 Å². The molecule has 0 radical (unpaired) electrons. The predicted octanol–water partition coefficient (Wildman–Crippen LogP) is 3.52. The molecule has 0 aliphatic carbocycles. The van der Waals surface area contributed by atoms with Crippen LogP contribution < -0.4 is 5.32 Å². The van der Waals surface area contributed by atoms with Crippen molar-refractivity contribution in [3.05, 3.63) is 52.6 Å². The topological polar surface area (TPSA) is 114 Å². The number of anilines is 1. The van der Waals surface area contributed by atoms with Gasteiger partial charge in [0.2, 0.25) is 5.91 Å². The van der Waals surface area contributed by atoms with Crippen LogP contribution in [0.2, 0.25) is 0 Å². The second-order valence-corrected chi connectivity index (χ2v) is 6.58. The van der Waals surface area contributed by atoms with Crippen LogP contribution in [0.5, 0.6) is 0 Å². The van der Waals surface area contributed by atoms with E-state index in [1.54, 1.807) is 24.3 Å².